The maximum atomic E-state index is 6.48. The SMILES string of the molecule is c1ccc(-c2ccc(-c3nc(-c4ccccc4)nc(-c4ccc5c(c4)oc4ccc(-c6ccc7c(c6)sc6ccc(-c8ccccc8)cc67)cc45)n3)cc2)cc1. The van der Waals surface area contributed by atoms with Crippen LogP contribution in [0, 0.1) is 0 Å². The Kier molecular flexibility index (Phi) is 7.64. The van der Waals surface area contributed by atoms with Crippen LogP contribution in [0.4, 0.5) is 0 Å². The highest BCUT2D eigenvalue weighted by atomic mass is 32.1. The van der Waals surface area contributed by atoms with Gasteiger partial charge in [0.25, 0.3) is 0 Å². The Morgan fingerprint density at radius 3 is 1.46 bits per heavy atom. The van der Waals surface area contributed by atoms with E-state index in [0.29, 0.717) is 17.5 Å². The van der Waals surface area contributed by atoms with Crippen LogP contribution in [0.25, 0.3) is 110 Å². The first-order chi connectivity index (χ1) is 27.7. The predicted molar refractivity (Wildman–Crippen MR) is 233 cm³/mol. The van der Waals surface area contributed by atoms with Crippen molar-refractivity contribution in [2.24, 2.45) is 0 Å². The number of hydrogen-bond acceptors (Lipinski definition) is 5. The molecule has 0 N–H and O–H groups in total. The molecule has 0 amide bonds. The van der Waals surface area contributed by atoms with Crippen molar-refractivity contribution in [3.8, 4) is 67.5 Å². The fraction of sp³-hybridized carbons (Fsp3) is 0. The second-order valence-corrected chi connectivity index (χ2v) is 15.1. The van der Waals surface area contributed by atoms with Crippen molar-refractivity contribution in [3.63, 3.8) is 0 Å². The highest BCUT2D eigenvalue weighted by molar-refractivity contribution is 7.25. The van der Waals surface area contributed by atoms with Gasteiger partial charge in [0, 0.05) is 47.6 Å². The molecule has 0 atom stereocenters. The van der Waals surface area contributed by atoms with Crippen LogP contribution in [-0.4, -0.2) is 15.0 Å². The van der Waals surface area contributed by atoms with Gasteiger partial charge < -0.3 is 4.42 Å². The standard InChI is InChI=1S/C51H31N3OS/c1-4-10-32(11-5-1)34-16-18-36(19-17-34)50-52-49(35-14-8-3-9-15-35)53-51(54-50)40-21-24-41-43-28-38(22-26-45(43)55-46(41)30-40)39-20-25-42-44-29-37(33-12-6-2-7-13-33)23-27-47(44)56-48(42)31-39/h1-31H. The monoisotopic (exact) mass is 733 g/mol. The summed E-state index contributed by atoms with van der Waals surface area (Å²) in [6.45, 7) is 0. The van der Waals surface area contributed by atoms with Gasteiger partial charge in [-0.2, -0.15) is 0 Å². The van der Waals surface area contributed by atoms with Crippen molar-refractivity contribution in [3.05, 3.63) is 188 Å². The smallest absolute Gasteiger partial charge is 0.164 e. The highest BCUT2D eigenvalue weighted by Gasteiger charge is 2.16. The third-order valence-corrected chi connectivity index (χ3v) is 11.7. The lowest BCUT2D eigenvalue weighted by Crippen LogP contribution is -2.00. The van der Waals surface area contributed by atoms with Crippen molar-refractivity contribution in [2.45, 2.75) is 0 Å². The molecule has 11 aromatic rings. The van der Waals surface area contributed by atoms with Gasteiger partial charge in [0.15, 0.2) is 17.5 Å². The summed E-state index contributed by atoms with van der Waals surface area (Å²) in [7, 11) is 0. The van der Waals surface area contributed by atoms with Gasteiger partial charge in [0.2, 0.25) is 0 Å². The van der Waals surface area contributed by atoms with E-state index in [1.54, 1.807) is 0 Å². The summed E-state index contributed by atoms with van der Waals surface area (Å²) in [5.41, 5.74) is 11.5. The summed E-state index contributed by atoms with van der Waals surface area (Å²) in [5, 5.41) is 4.71. The third kappa shape index (κ3) is 5.74. The molecule has 0 spiro atoms. The maximum absolute atomic E-state index is 6.48. The van der Waals surface area contributed by atoms with Gasteiger partial charge >= 0.3 is 0 Å². The highest BCUT2D eigenvalue weighted by Crippen LogP contribution is 2.40. The number of hydrogen-bond donors (Lipinski definition) is 0. The van der Waals surface area contributed by atoms with Crippen molar-refractivity contribution < 1.29 is 4.42 Å². The Morgan fingerprint density at radius 1 is 0.286 bits per heavy atom. The van der Waals surface area contributed by atoms with E-state index in [-0.39, 0.29) is 0 Å². The lowest BCUT2D eigenvalue weighted by Gasteiger charge is -2.09. The molecule has 0 bridgehead atoms. The third-order valence-electron chi connectivity index (χ3n) is 10.6. The molecule has 0 saturated carbocycles. The largest absolute Gasteiger partial charge is 0.456 e. The van der Waals surface area contributed by atoms with Crippen LogP contribution in [0.2, 0.25) is 0 Å². The van der Waals surface area contributed by atoms with Gasteiger partial charge in [-0.1, -0.05) is 146 Å². The first-order valence-corrected chi connectivity index (χ1v) is 19.5. The molecular formula is C51H31N3OS. The van der Waals surface area contributed by atoms with Gasteiger partial charge in [-0.3, -0.25) is 0 Å². The first-order valence-electron chi connectivity index (χ1n) is 18.7. The van der Waals surface area contributed by atoms with Crippen LogP contribution in [0.1, 0.15) is 0 Å². The molecule has 4 nitrogen and oxygen atoms in total. The number of aromatic nitrogens is 3. The molecule has 11 rings (SSSR count). The summed E-state index contributed by atoms with van der Waals surface area (Å²) in [5.74, 6) is 1.84. The Morgan fingerprint density at radius 2 is 0.750 bits per heavy atom. The summed E-state index contributed by atoms with van der Waals surface area (Å²) in [6, 6.07) is 65.8. The van der Waals surface area contributed by atoms with Crippen molar-refractivity contribution in [1.29, 1.82) is 0 Å². The normalized spacial score (nSPS) is 11.6. The molecule has 0 aliphatic rings. The summed E-state index contributed by atoms with van der Waals surface area (Å²) < 4.78 is 9.06. The minimum atomic E-state index is 0.594. The van der Waals surface area contributed by atoms with E-state index >= 15 is 0 Å². The van der Waals surface area contributed by atoms with E-state index in [9.17, 15) is 0 Å². The van der Waals surface area contributed by atoms with E-state index in [0.717, 1.165) is 49.8 Å². The topological polar surface area (TPSA) is 51.8 Å². The Hall–Kier alpha value is -7.21. The van der Waals surface area contributed by atoms with Crippen LogP contribution >= 0.6 is 11.3 Å². The molecule has 0 fully saturated rings. The van der Waals surface area contributed by atoms with Crippen molar-refractivity contribution >= 4 is 53.4 Å². The van der Waals surface area contributed by atoms with E-state index in [4.69, 9.17) is 19.4 Å². The lowest BCUT2D eigenvalue weighted by molar-refractivity contribution is 0.669. The lowest BCUT2D eigenvalue weighted by atomic mass is 10.00. The van der Waals surface area contributed by atoms with E-state index in [1.165, 1.54) is 42.4 Å². The number of rotatable bonds is 6. The zero-order valence-electron chi connectivity index (χ0n) is 30.1. The molecule has 8 aromatic carbocycles. The van der Waals surface area contributed by atoms with Crippen LogP contribution in [0.3, 0.4) is 0 Å². The average molecular weight is 734 g/mol. The van der Waals surface area contributed by atoms with E-state index in [1.807, 2.05) is 53.8 Å². The number of nitrogens with zero attached hydrogens (tertiary/aromatic N) is 3. The van der Waals surface area contributed by atoms with Gasteiger partial charge in [-0.05, 0) is 75.8 Å². The minimum Gasteiger partial charge on any atom is -0.456 e. The zero-order chi connectivity index (χ0) is 37.0. The molecule has 0 saturated heterocycles. The number of benzene rings is 8. The second kappa shape index (κ2) is 13.3. The average Bonchev–Trinajstić information content (AvgIpc) is 3.84. The molecule has 56 heavy (non-hydrogen) atoms. The van der Waals surface area contributed by atoms with Crippen LogP contribution in [0.15, 0.2) is 192 Å². The Balaban J connectivity index is 0.957. The molecule has 0 unspecified atom stereocenters. The molecule has 3 heterocycles. The van der Waals surface area contributed by atoms with E-state index < -0.39 is 0 Å². The Bertz CT molecular complexity index is 3230. The molecule has 0 aliphatic heterocycles. The fourth-order valence-corrected chi connectivity index (χ4v) is 8.78. The van der Waals surface area contributed by atoms with Crippen molar-refractivity contribution in [1.82, 2.24) is 15.0 Å². The second-order valence-electron chi connectivity index (χ2n) is 14.0. The zero-order valence-corrected chi connectivity index (χ0v) is 30.9. The van der Waals surface area contributed by atoms with Crippen LogP contribution in [-0.2, 0) is 0 Å². The van der Waals surface area contributed by atoms with E-state index in [2.05, 4.69) is 146 Å². The number of fused-ring (bicyclic) bond motifs is 6. The maximum Gasteiger partial charge on any atom is 0.164 e. The number of thiophene rings is 1. The Labute approximate surface area is 327 Å². The molecule has 0 radical (unpaired) electrons. The molecule has 3 aromatic heterocycles. The van der Waals surface area contributed by atoms with Gasteiger partial charge in [0.1, 0.15) is 11.2 Å². The quantitative estimate of drug-likeness (QED) is 0.171. The van der Waals surface area contributed by atoms with Gasteiger partial charge in [0.05, 0.1) is 0 Å². The molecule has 0 aliphatic carbocycles. The predicted octanol–water partition coefficient (Wildman–Crippen LogP) is 14.1. The van der Waals surface area contributed by atoms with Crippen LogP contribution < -0.4 is 0 Å². The van der Waals surface area contributed by atoms with Gasteiger partial charge in [-0.15, -0.1) is 11.3 Å². The number of furan rings is 1. The fourth-order valence-electron chi connectivity index (χ4n) is 7.66. The minimum absolute atomic E-state index is 0.594. The molecular weight excluding hydrogens is 703 g/mol. The summed E-state index contributed by atoms with van der Waals surface area (Å²) in [4.78, 5) is 14.9. The molecule has 5 heteroatoms. The van der Waals surface area contributed by atoms with Crippen LogP contribution in [0.5, 0.6) is 0 Å². The van der Waals surface area contributed by atoms with Gasteiger partial charge in [-0.25, -0.2) is 15.0 Å². The summed E-state index contributed by atoms with van der Waals surface area (Å²) >= 11 is 1.85. The first kappa shape index (κ1) is 32.2. The summed E-state index contributed by atoms with van der Waals surface area (Å²) in [6.07, 6.45) is 0. The van der Waals surface area contributed by atoms with Crippen molar-refractivity contribution in [2.75, 3.05) is 0 Å². The molecule has 262 valence electrons.